The molecule has 0 bridgehead atoms. The molecule has 16 heavy (non-hydrogen) atoms. The van der Waals surface area contributed by atoms with Gasteiger partial charge in [-0.25, -0.2) is 0 Å². The molecule has 0 heterocycles. The van der Waals surface area contributed by atoms with Gasteiger partial charge in [0.25, 0.3) is 0 Å². The lowest BCUT2D eigenvalue weighted by Gasteiger charge is -2.15. The van der Waals surface area contributed by atoms with Gasteiger partial charge in [0.05, 0.1) is 10.7 Å². The molecule has 0 aliphatic carbocycles. The normalized spacial score (nSPS) is 13.4. The third kappa shape index (κ3) is 7.42. The zero-order valence-corrected chi connectivity index (χ0v) is 11.0. The minimum absolute atomic E-state index is 0.0430. The van der Waals surface area contributed by atoms with Crippen molar-refractivity contribution in [1.29, 1.82) is 0 Å². The molecule has 2 N–H and O–H groups in total. The van der Waals surface area contributed by atoms with Crippen molar-refractivity contribution in [3.63, 3.8) is 0 Å². The van der Waals surface area contributed by atoms with Gasteiger partial charge in [0.1, 0.15) is 0 Å². The molecule has 0 radical (unpaired) electrons. The molecule has 0 fully saturated rings. The largest absolute Gasteiger partial charge is 0.340 e. The third-order valence-electron chi connectivity index (χ3n) is 1.41. The monoisotopic (exact) mass is 260 g/mol. The van der Waals surface area contributed by atoms with Crippen molar-refractivity contribution >= 4 is 33.4 Å². The maximum Gasteiger partial charge on any atom is 0.244 e. The van der Waals surface area contributed by atoms with E-state index in [0.29, 0.717) is 0 Å². The van der Waals surface area contributed by atoms with Crippen molar-refractivity contribution in [3.05, 3.63) is 25.3 Å². The Bertz CT molecular complexity index is 254. The number of hydrogen-bond acceptors (Lipinski definition) is 4. The van der Waals surface area contributed by atoms with E-state index in [2.05, 4.69) is 23.8 Å². The van der Waals surface area contributed by atoms with Crippen LogP contribution in [0.25, 0.3) is 0 Å². The molecule has 0 saturated carbocycles. The van der Waals surface area contributed by atoms with Crippen molar-refractivity contribution in [3.8, 4) is 0 Å². The first-order chi connectivity index (χ1) is 7.49. The summed E-state index contributed by atoms with van der Waals surface area (Å²) in [6, 6.07) is 0. The Hall–Kier alpha value is -0.880. The summed E-state index contributed by atoms with van der Waals surface area (Å²) in [6.07, 6.45) is 2.45. The predicted octanol–water partition coefficient (Wildman–Crippen LogP) is 1.66. The molecule has 0 aromatic carbocycles. The molecule has 0 spiro atoms. The standard InChI is InChI=1S/C10H16N2O2S2/c1-5-9(13)11-7(3)15-16-8(4)12-10(14)6-2/h5-8H,1-2H2,3-4H3,(H,11,13)(H,12,14). The van der Waals surface area contributed by atoms with Crippen molar-refractivity contribution in [2.24, 2.45) is 0 Å². The Balaban J connectivity index is 3.78. The van der Waals surface area contributed by atoms with Crippen molar-refractivity contribution in [1.82, 2.24) is 10.6 Å². The van der Waals surface area contributed by atoms with Crippen molar-refractivity contribution in [2.45, 2.75) is 24.6 Å². The van der Waals surface area contributed by atoms with E-state index < -0.39 is 0 Å². The summed E-state index contributed by atoms with van der Waals surface area (Å²) in [4.78, 5) is 21.9. The van der Waals surface area contributed by atoms with Crippen LogP contribution >= 0.6 is 21.6 Å². The fourth-order valence-corrected chi connectivity index (χ4v) is 2.68. The Labute approximate surface area is 104 Å². The van der Waals surface area contributed by atoms with Crippen molar-refractivity contribution in [2.75, 3.05) is 0 Å². The molecule has 2 atom stereocenters. The summed E-state index contributed by atoms with van der Waals surface area (Å²) in [5.41, 5.74) is 0. The molecule has 0 saturated heterocycles. The summed E-state index contributed by atoms with van der Waals surface area (Å²) in [6.45, 7) is 10.5. The fourth-order valence-electron chi connectivity index (χ4n) is 0.733. The average molecular weight is 260 g/mol. The minimum atomic E-state index is -0.205. The first kappa shape index (κ1) is 15.1. The molecular formula is C10H16N2O2S2. The Kier molecular flexibility index (Phi) is 7.84. The molecule has 4 nitrogen and oxygen atoms in total. The number of nitrogens with one attached hydrogen (secondary N) is 2. The van der Waals surface area contributed by atoms with Crippen LogP contribution in [-0.4, -0.2) is 22.6 Å². The zero-order valence-electron chi connectivity index (χ0n) is 9.36. The molecule has 0 aliphatic heterocycles. The molecule has 0 aliphatic rings. The fraction of sp³-hybridized carbons (Fsp3) is 0.400. The highest BCUT2D eigenvalue weighted by Crippen LogP contribution is 2.28. The van der Waals surface area contributed by atoms with E-state index in [-0.39, 0.29) is 22.6 Å². The lowest BCUT2D eigenvalue weighted by atomic mass is 10.5. The van der Waals surface area contributed by atoms with E-state index in [0.717, 1.165) is 0 Å². The molecule has 0 aromatic rings. The Morgan fingerprint density at radius 1 is 1.00 bits per heavy atom. The van der Waals surface area contributed by atoms with E-state index >= 15 is 0 Å². The van der Waals surface area contributed by atoms with Gasteiger partial charge in [0.15, 0.2) is 0 Å². The molecule has 90 valence electrons. The molecule has 0 rings (SSSR count). The van der Waals surface area contributed by atoms with E-state index in [1.54, 1.807) is 0 Å². The Morgan fingerprint density at radius 3 is 1.56 bits per heavy atom. The zero-order chi connectivity index (χ0) is 12.6. The van der Waals surface area contributed by atoms with Crippen LogP contribution in [-0.2, 0) is 9.59 Å². The van der Waals surface area contributed by atoms with Crippen LogP contribution in [0.15, 0.2) is 25.3 Å². The van der Waals surface area contributed by atoms with E-state index in [1.807, 2.05) is 13.8 Å². The topological polar surface area (TPSA) is 58.2 Å². The van der Waals surface area contributed by atoms with Crippen LogP contribution in [0.1, 0.15) is 13.8 Å². The van der Waals surface area contributed by atoms with Gasteiger partial charge in [-0.2, -0.15) is 0 Å². The molecule has 6 heteroatoms. The number of hydrogen-bond donors (Lipinski definition) is 2. The van der Waals surface area contributed by atoms with Gasteiger partial charge in [-0.05, 0) is 26.0 Å². The van der Waals surface area contributed by atoms with Crippen LogP contribution in [0.5, 0.6) is 0 Å². The van der Waals surface area contributed by atoms with E-state index in [9.17, 15) is 9.59 Å². The van der Waals surface area contributed by atoms with Crippen LogP contribution < -0.4 is 10.6 Å². The summed E-state index contributed by atoms with van der Waals surface area (Å²) >= 11 is 0. The SMILES string of the molecule is C=CC(=O)NC(C)SSC(C)NC(=O)C=C. The Morgan fingerprint density at radius 2 is 1.31 bits per heavy atom. The predicted molar refractivity (Wildman–Crippen MR) is 70.8 cm³/mol. The summed E-state index contributed by atoms with van der Waals surface area (Å²) in [5.74, 6) is -0.410. The smallest absolute Gasteiger partial charge is 0.244 e. The summed E-state index contributed by atoms with van der Waals surface area (Å²) < 4.78 is 0. The molecule has 2 unspecified atom stereocenters. The highest BCUT2D eigenvalue weighted by atomic mass is 33.1. The van der Waals surface area contributed by atoms with Gasteiger partial charge < -0.3 is 10.6 Å². The first-order valence-electron chi connectivity index (χ1n) is 4.67. The van der Waals surface area contributed by atoms with Gasteiger partial charge in [0, 0.05) is 0 Å². The molecule has 0 aromatic heterocycles. The van der Waals surface area contributed by atoms with Gasteiger partial charge in [-0.3, -0.25) is 9.59 Å². The third-order valence-corrected chi connectivity index (χ3v) is 4.40. The highest BCUT2D eigenvalue weighted by molar-refractivity contribution is 8.77. The first-order valence-corrected chi connectivity index (χ1v) is 6.95. The number of rotatable bonds is 7. The van der Waals surface area contributed by atoms with Crippen LogP contribution in [0, 0.1) is 0 Å². The number of carbonyl (C=O) groups excluding carboxylic acids is 2. The quantitative estimate of drug-likeness (QED) is 0.415. The van der Waals surface area contributed by atoms with Gasteiger partial charge >= 0.3 is 0 Å². The summed E-state index contributed by atoms with van der Waals surface area (Å²) in [7, 11) is 2.94. The van der Waals surface area contributed by atoms with Crippen LogP contribution in [0.3, 0.4) is 0 Å². The molecular weight excluding hydrogens is 244 g/mol. The molecule has 2 amide bonds. The lowest BCUT2D eigenvalue weighted by molar-refractivity contribution is -0.117. The van der Waals surface area contributed by atoms with Gasteiger partial charge in [-0.1, -0.05) is 34.7 Å². The minimum Gasteiger partial charge on any atom is -0.340 e. The maximum atomic E-state index is 11.0. The second-order valence-electron chi connectivity index (χ2n) is 2.90. The second-order valence-corrected chi connectivity index (χ2v) is 5.86. The highest BCUT2D eigenvalue weighted by Gasteiger charge is 2.09. The average Bonchev–Trinajstić information content (AvgIpc) is 2.26. The second kappa shape index (κ2) is 8.29. The van der Waals surface area contributed by atoms with Crippen molar-refractivity contribution < 1.29 is 9.59 Å². The van der Waals surface area contributed by atoms with Gasteiger partial charge in [-0.15, -0.1) is 0 Å². The van der Waals surface area contributed by atoms with Crippen LogP contribution in [0.4, 0.5) is 0 Å². The van der Waals surface area contributed by atoms with E-state index in [1.165, 1.54) is 33.7 Å². The van der Waals surface area contributed by atoms with Crippen LogP contribution in [0.2, 0.25) is 0 Å². The maximum absolute atomic E-state index is 11.0. The van der Waals surface area contributed by atoms with E-state index in [4.69, 9.17) is 0 Å². The number of carbonyl (C=O) groups is 2. The van der Waals surface area contributed by atoms with Gasteiger partial charge in [0.2, 0.25) is 11.8 Å². The summed E-state index contributed by atoms with van der Waals surface area (Å²) in [5, 5.41) is 5.32. The lowest BCUT2D eigenvalue weighted by Crippen LogP contribution is -2.30. The number of amides is 2.